The van der Waals surface area contributed by atoms with Crippen LogP contribution in [0.5, 0.6) is 0 Å². The molecule has 0 radical (unpaired) electrons. The van der Waals surface area contributed by atoms with Crippen molar-refractivity contribution in [2.45, 2.75) is 32.6 Å². The molecule has 0 aliphatic heterocycles. The lowest BCUT2D eigenvalue weighted by Crippen LogP contribution is -2.15. The molecular weight excluding hydrogens is 204 g/mol. The Labute approximate surface area is 95.0 Å². The smallest absolute Gasteiger partial charge is 0.121 e. The monoisotopic (exact) mass is 218 g/mol. The van der Waals surface area contributed by atoms with Crippen molar-refractivity contribution in [2.24, 2.45) is 5.92 Å². The fourth-order valence-corrected chi connectivity index (χ4v) is 2.44. The predicted octanol–water partition coefficient (Wildman–Crippen LogP) is 3.13. The summed E-state index contributed by atoms with van der Waals surface area (Å²) in [6.45, 7) is 2.23. The van der Waals surface area contributed by atoms with Gasteiger partial charge in [-0.3, -0.25) is 0 Å². The van der Waals surface area contributed by atoms with E-state index >= 15 is 0 Å². The Hall–Kier alpha value is -1.14. The first kappa shape index (κ1) is 10.4. The summed E-state index contributed by atoms with van der Waals surface area (Å²) < 4.78 is 0.589. The summed E-state index contributed by atoms with van der Waals surface area (Å²) in [7, 11) is 0. The molecule has 1 atom stereocenters. The van der Waals surface area contributed by atoms with Crippen LogP contribution < -0.4 is 0 Å². The van der Waals surface area contributed by atoms with Crippen LogP contribution in [-0.4, -0.2) is 4.98 Å². The maximum atomic E-state index is 8.91. The van der Waals surface area contributed by atoms with E-state index in [0.29, 0.717) is 10.2 Å². The zero-order chi connectivity index (χ0) is 10.8. The van der Waals surface area contributed by atoms with E-state index in [4.69, 9.17) is 17.5 Å². The van der Waals surface area contributed by atoms with Crippen LogP contribution in [0.25, 0.3) is 0 Å². The lowest BCUT2D eigenvalue weighted by Gasteiger charge is -2.23. The van der Waals surface area contributed by atoms with Crippen LogP contribution in [0.2, 0.25) is 0 Å². The average molecular weight is 218 g/mol. The number of hydrogen-bond acceptors (Lipinski definition) is 2. The third-order valence-corrected chi connectivity index (χ3v) is 3.55. The molecule has 1 aromatic rings. The molecule has 3 heteroatoms. The number of nitrogens with zero attached hydrogens (tertiary/aromatic N) is 1. The maximum absolute atomic E-state index is 8.91. The van der Waals surface area contributed by atoms with Gasteiger partial charge in [0.1, 0.15) is 10.7 Å². The first-order chi connectivity index (χ1) is 7.24. The van der Waals surface area contributed by atoms with Gasteiger partial charge in [0.2, 0.25) is 0 Å². The van der Waals surface area contributed by atoms with Crippen molar-refractivity contribution >= 4 is 12.2 Å². The van der Waals surface area contributed by atoms with Gasteiger partial charge in [-0.2, -0.15) is 5.26 Å². The number of hydrogen-bond donors (Lipinski definition) is 1. The molecule has 15 heavy (non-hydrogen) atoms. The second-order valence-electron chi connectivity index (χ2n) is 4.14. The maximum Gasteiger partial charge on any atom is 0.121 e. The van der Waals surface area contributed by atoms with Crippen LogP contribution in [0.3, 0.4) is 0 Å². The van der Waals surface area contributed by atoms with Crippen LogP contribution in [0.1, 0.15) is 36.6 Å². The van der Waals surface area contributed by atoms with E-state index in [9.17, 15) is 0 Å². The minimum atomic E-state index is 0.589. The Morgan fingerprint density at radius 2 is 2.47 bits per heavy atom. The van der Waals surface area contributed by atoms with Crippen molar-refractivity contribution in [3.63, 3.8) is 0 Å². The van der Waals surface area contributed by atoms with Gasteiger partial charge in [0.25, 0.3) is 0 Å². The highest BCUT2D eigenvalue weighted by Crippen LogP contribution is 2.26. The number of aryl methyl sites for hydroxylation is 1. The van der Waals surface area contributed by atoms with Crippen molar-refractivity contribution < 1.29 is 0 Å². The highest BCUT2D eigenvalue weighted by atomic mass is 32.1. The highest BCUT2D eigenvalue weighted by Gasteiger charge is 2.18. The normalized spacial score (nSPS) is 19.3. The number of aromatic amines is 1. The van der Waals surface area contributed by atoms with E-state index < -0.39 is 0 Å². The second-order valence-corrected chi connectivity index (χ2v) is 4.55. The molecule has 0 saturated heterocycles. The minimum absolute atomic E-state index is 0.589. The Kier molecular flexibility index (Phi) is 2.88. The molecular formula is C12H14N2S. The molecule has 1 N–H and O–H groups in total. The molecule has 0 amide bonds. The van der Waals surface area contributed by atoms with E-state index in [0.717, 1.165) is 18.8 Å². The van der Waals surface area contributed by atoms with Crippen LogP contribution in [0.15, 0.2) is 6.07 Å². The van der Waals surface area contributed by atoms with Crippen LogP contribution >= 0.6 is 12.2 Å². The third kappa shape index (κ3) is 1.95. The molecule has 0 saturated carbocycles. The van der Waals surface area contributed by atoms with Crippen molar-refractivity contribution in [2.75, 3.05) is 0 Å². The number of pyridine rings is 1. The van der Waals surface area contributed by atoms with E-state index in [1.165, 1.54) is 24.1 Å². The number of nitrogens with one attached hydrogen (secondary N) is 1. The summed E-state index contributed by atoms with van der Waals surface area (Å²) in [4.78, 5) is 3.18. The van der Waals surface area contributed by atoms with Crippen LogP contribution in [-0.2, 0) is 12.8 Å². The standard InChI is InChI=1S/C12H14N2S/c1-2-8-3-4-11-9(5-8)6-10(7-13)12(15)14-11/h6,8H,2-5H2,1H3,(H,14,15)/t8-/m0/s1. The van der Waals surface area contributed by atoms with Gasteiger partial charge in [0.05, 0.1) is 5.56 Å². The molecule has 2 rings (SSSR count). The summed E-state index contributed by atoms with van der Waals surface area (Å²) in [6.07, 6.45) is 4.62. The summed E-state index contributed by atoms with van der Waals surface area (Å²) in [6, 6.07) is 4.11. The Morgan fingerprint density at radius 1 is 1.67 bits per heavy atom. The molecule has 0 bridgehead atoms. The quantitative estimate of drug-likeness (QED) is 0.736. The van der Waals surface area contributed by atoms with Gasteiger partial charge in [0, 0.05) is 5.69 Å². The Balaban J connectivity index is 2.43. The van der Waals surface area contributed by atoms with Gasteiger partial charge in [-0.25, -0.2) is 0 Å². The zero-order valence-corrected chi connectivity index (χ0v) is 9.66. The molecule has 78 valence electrons. The SMILES string of the molecule is CC[C@H]1CCc2[nH]c(=S)c(C#N)cc2C1. The Bertz CT molecular complexity index is 467. The largest absolute Gasteiger partial charge is 0.349 e. The molecule has 0 spiro atoms. The van der Waals surface area contributed by atoms with E-state index in [2.05, 4.69) is 18.0 Å². The number of H-pyrrole nitrogens is 1. The molecule has 0 fully saturated rings. The molecule has 0 unspecified atom stereocenters. The van der Waals surface area contributed by atoms with Gasteiger partial charge in [-0.1, -0.05) is 25.6 Å². The number of aromatic nitrogens is 1. The Morgan fingerprint density at radius 3 is 3.13 bits per heavy atom. The average Bonchev–Trinajstić information content (AvgIpc) is 2.27. The van der Waals surface area contributed by atoms with Crippen LogP contribution in [0.4, 0.5) is 0 Å². The molecule has 1 aromatic heterocycles. The number of rotatable bonds is 1. The lowest BCUT2D eigenvalue weighted by atomic mass is 9.85. The predicted molar refractivity (Wildman–Crippen MR) is 62.1 cm³/mol. The molecule has 2 nitrogen and oxygen atoms in total. The molecule has 1 aliphatic carbocycles. The second kappa shape index (κ2) is 4.16. The third-order valence-electron chi connectivity index (χ3n) is 3.22. The molecule has 0 aromatic carbocycles. The number of fused-ring (bicyclic) bond motifs is 1. The summed E-state index contributed by atoms with van der Waals surface area (Å²) >= 11 is 5.12. The van der Waals surface area contributed by atoms with E-state index in [1.807, 2.05) is 6.07 Å². The first-order valence-electron chi connectivity index (χ1n) is 5.39. The highest BCUT2D eigenvalue weighted by molar-refractivity contribution is 7.71. The number of nitriles is 1. The first-order valence-corrected chi connectivity index (χ1v) is 5.80. The molecule has 1 heterocycles. The zero-order valence-electron chi connectivity index (χ0n) is 8.84. The topological polar surface area (TPSA) is 39.6 Å². The fourth-order valence-electron chi connectivity index (χ4n) is 2.21. The minimum Gasteiger partial charge on any atom is -0.349 e. The fraction of sp³-hybridized carbons (Fsp3) is 0.500. The van der Waals surface area contributed by atoms with Crippen molar-refractivity contribution in [3.05, 3.63) is 27.5 Å². The van der Waals surface area contributed by atoms with Crippen LogP contribution in [0, 0.1) is 21.9 Å². The van der Waals surface area contributed by atoms with Gasteiger partial charge in [-0.15, -0.1) is 0 Å². The lowest BCUT2D eigenvalue weighted by molar-refractivity contribution is 0.439. The van der Waals surface area contributed by atoms with E-state index in [-0.39, 0.29) is 0 Å². The van der Waals surface area contributed by atoms with Gasteiger partial charge < -0.3 is 4.98 Å². The molecule has 1 aliphatic rings. The van der Waals surface area contributed by atoms with Crippen molar-refractivity contribution in [1.82, 2.24) is 4.98 Å². The summed E-state index contributed by atoms with van der Waals surface area (Å²) in [5.41, 5.74) is 3.14. The van der Waals surface area contributed by atoms with Crippen molar-refractivity contribution in [3.8, 4) is 6.07 Å². The summed E-state index contributed by atoms with van der Waals surface area (Å²) in [5.74, 6) is 0.772. The summed E-state index contributed by atoms with van der Waals surface area (Å²) in [5, 5.41) is 8.91. The van der Waals surface area contributed by atoms with Gasteiger partial charge in [-0.05, 0) is 36.8 Å². The van der Waals surface area contributed by atoms with E-state index in [1.54, 1.807) is 0 Å². The van der Waals surface area contributed by atoms with Gasteiger partial charge in [0.15, 0.2) is 0 Å². The van der Waals surface area contributed by atoms with Gasteiger partial charge >= 0.3 is 0 Å². The van der Waals surface area contributed by atoms with Crippen molar-refractivity contribution in [1.29, 1.82) is 5.26 Å².